The third kappa shape index (κ3) is 5.28. The van der Waals surface area contributed by atoms with Gasteiger partial charge in [0.25, 0.3) is 0 Å². The first-order chi connectivity index (χ1) is 16.6. The lowest BCUT2D eigenvalue weighted by atomic mass is 9.96. The van der Waals surface area contributed by atoms with Gasteiger partial charge in [-0.3, -0.25) is 4.90 Å². The van der Waals surface area contributed by atoms with Crippen LogP contribution in [-0.2, 0) is 10.9 Å². The van der Waals surface area contributed by atoms with Crippen molar-refractivity contribution in [2.45, 2.75) is 50.5 Å². The second kappa shape index (κ2) is 9.28. The van der Waals surface area contributed by atoms with Crippen LogP contribution in [0.4, 0.5) is 27.8 Å². The molecule has 2 aliphatic heterocycles. The molecule has 3 heterocycles. The largest absolute Gasteiger partial charge is 0.420 e. The Bertz CT molecular complexity index is 1060. The first kappa shape index (κ1) is 24.4. The molecule has 2 aromatic rings. The molecule has 1 aromatic carbocycles. The molecule has 5 nitrogen and oxygen atoms in total. The number of likely N-dealkylation sites (tertiary alicyclic amines) is 1. The number of benzene rings is 1. The van der Waals surface area contributed by atoms with Gasteiger partial charge in [0.2, 0.25) is 0 Å². The van der Waals surface area contributed by atoms with E-state index in [-0.39, 0.29) is 23.1 Å². The second-order valence-electron chi connectivity index (χ2n) is 10.2. The molecule has 1 saturated carbocycles. The number of nitrogens with zero attached hydrogens (tertiary/aromatic N) is 3. The predicted octanol–water partition coefficient (Wildman–Crippen LogP) is 5.25. The molecule has 0 bridgehead atoms. The molecule has 3 fully saturated rings. The van der Waals surface area contributed by atoms with Crippen molar-refractivity contribution in [3.63, 3.8) is 0 Å². The average Bonchev–Trinajstić information content (AvgIpc) is 3.33. The van der Waals surface area contributed by atoms with Crippen LogP contribution in [0.15, 0.2) is 24.3 Å². The summed E-state index contributed by atoms with van der Waals surface area (Å²) in [4.78, 5) is 2.16. The van der Waals surface area contributed by atoms with Gasteiger partial charge in [0.15, 0.2) is 5.82 Å². The number of alkyl halides is 4. The minimum atomic E-state index is -4.64. The molecule has 35 heavy (non-hydrogen) atoms. The van der Waals surface area contributed by atoms with E-state index in [1.54, 1.807) is 6.92 Å². The molecule has 5 rings (SSSR count). The lowest BCUT2D eigenvalue weighted by molar-refractivity contribution is -0.137. The molecule has 0 amide bonds. The van der Waals surface area contributed by atoms with Crippen molar-refractivity contribution in [2.24, 2.45) is 11.8 Å². The first-order valence-corrected chi connectivity index (χ1v) is 12.1. The maximum atomic E-state index is 15.0. The third-order valence-electron chi connectivity index (χ3n) is 7.64. The Morgan fingerprint density at radius 1 is 1.09 bits per heavy atom. The van der Waals surface area contributed by atoms with Gasteiger partial charge in [0.1, 0.15) is 17.0 Å². The van der Waals surface area contributed by atoms with Gasteiger partial charge >= 0.3 is 6.18 Å². The Labute approximate surface area is 201 Å². The summed E-state index contributed by atoms with van der Waals surface area (Å²) in [5.74, 6) is -0.229. The molecule has 3 aliphatic rings. The van der Waals surface area contributed by atoms with Gasteiger partial charge in [-0.1, -0.05) is 6.07 Å². The van der Waals surface area contributed by atoms with E-state index in [0.29, 0.717) is 62.8 Å². The van der Waals surface area contributed by atoms with E-state index >= 15 is 4.39 Å². The van der Waals surface area contributed by atoms with Crippen LogP contribution in [0.2, 0.25) is 0 Å². The minimum Gasteiger partial charge on any atom is -0.381 e. The van der Waals surface area contributed by atoms with Crippen LogP contribution in [0, 0.1) is 24.6 Å². The van der Waals surface area contributed by atoms with Gasteiger partial charge in [-0.25, -0.2) is 8.78 Å². The average molecular weight is 497 g/mol. The van der Waals surface area contributed by atoms with Gasteiger partial charge < -0.3 is 10.1 Å². The monoisotopic (exact) mass is 496 g/mol. The van der Waals surface area contributed by atoms with E-state index in [1.165, 1.54) is 18.2 Å². The number of ether oxygens (including phenoxy) is 1. The fourth-order valence-electron chi connectivity index (χ4n) is 5.85. The fourth-order valence-corrected chi connectivity index (χ4v) is 5.85. The highest BCUT2D eigenvalue weighted by molar-refractivity contribution is 5.65. The zero-order valence-electron chi connectivity index (χ0n) is 19.5. The number of hydrogen-bond donors (Lipinski definition) is 1. The zero-order chi connectivity index (χ0) is 24.8. The van der Waals surface area contributed by atoms with Crippen molar-refractivity contribution in [3.8, 4) is 11.3 Å². The summed E-state index contributed by atoms with van der Waals surface area (Å²) in [6.07, 6.45) is -2.42. The highest BCUT2D eigenvalue weighted by Crippen LogP contribution is 2.42. The van der Waals surface area contributed by atoms with E-state index in [0.717, 1.165) is 19.2 Å². The molecule has 1 aromatic heterocycles. The van der Waals surface area contributed by atoms with Crippen LogP contribution >= 0.6 is 0 Å². The van der Waals surface area contributed by atoms with E-state index in [4.69, 9.17) is 4.74 Å². The van der Waals surface area contributed by atoms with E-state index in [2.05, 4.69) is 20.4 Å². The summed E-state index contributed by atoms with van der Waals surface area (Å²) in [5.41, 5.74) is -1.26. The maximum Gasteiger partial charge on any atom is 0.420 e. The molecule has 1 N–H and O–H groups in total. The summed E-state index contributed by atoms with van der Waals surface area (Å²) in [6, 6.07) is 4.69. The van der Waals surface area contributed by atoms with Crippen molar-refractivity contribution in [1.82, 2.24) is 15.1 Å². The summed E-state index contributed by atoms with van der Waals surface area (Å²) in [6.45, 7) is 4.48. The van der Waals surface area contributed by atoms with Crippen molar-refractivity contribution < 1.29 is 26.7 Å². The van der Waals surface area contributed by atoms with Crippen molar-refractivity contribution in [1.29, 1.82) is 0 Å². The third-order valence-corrected chi connectivity index (χ3v) is 7.64. The number of aryl methyl sites for hydroxylation is 1. The topological polar surface area (TPSA) is 50.3 Å². The smallest absolute Gasteiger partial charge is 0.381 e. The number of halogens is 5. The standard InChI is InChI=1S/C25H29F5N4O/c1-15-2-3-18(26)10-20(15)22-11-21(25(28,29)30)23(33-32-22)31-19-8-16-12-34(13-17(16)9-19)14-24(27)4-6-35-7-5-24/h2-3,10-11,16-17,19H,4-9,12-14H2,1H3,(H,31,33)/t16-,17+,19-. The van der Waals surface area contributed by atoms with Gasteiger partial charge in [0.05, 0.1) is 5.69 Å². The van der Waals surface area contributed by atoms with Gasteiger partial charge in [0, 0.05) is 57.3 Å². The number of hydrogen-bond acceptors (Lipinski definition) is 5. The van der Waals surface area contributed by atoms with Crippen LogP contribution in [0.5, 0.6) is 0 Å². The van der Waals surface area contributed by atoms with E-state index < -0.39 is 23.2 Å². The lowest BCUT2D eigenvalue weighted by Crippen LogP contribution is -2.43. The summed E-state index contributed by atoms with van der Waals surface area (Å²) >= 11 is 0. The Morgan fingerprint density at radius 2 is 1.77 bits per heavy atom. The maximum absolute atomic E-state index is 15.0. The Morgan fingerprint density at radius 3 is 2.43 bits per heavy atom. The molecule has 10 heteroatoms. The van der Waals surface area contributed by atoms with Gasteiger partial charge in [-0.15, -0.1) is 10.2 Å². The summed E-state index contributed by atoms with van der Waals surface area (Å²) in [5, 5.41) is 10.8. The van der Waals surface area contributed by atoms with Crippen LogP contribution in [0.25, 0.3) is 11.3 Å². The number of nitrogens with one attached hydrogen (secondary N) is 1. The van der Waals surface area contributed by atoms with Gasteiger partial charge in [-0.2, -0.15) is 13.2 Å². The van der Waals surface area contributed by atoms with Crippen molar-refractivity contribution in [2.75, 3.05) is 38.2 Å². The van der Waals surface area contributed by atoms with Crippen LogP contribution < -0.4 is 5.32 Å². The molecule has 2 saturated heterocycles. The summed E-state index contributed by atoms with van der Waals surface area (Å²) in [7, 11) is 0. The molecule has 0 spiro atoms. The number of fused-ring (bicyclic) bond motifs is 1. The van der Waals surface area contributed by atoms with Crippen molar-refractivity contribution >= 4 is 5.82 Å². The molecule has 1 aliphatic carbocycles. The Balaban J connectivity index is 1.27. The van der Waals surface area contributed by atoms with E-state index in [1.807, 2.05) is 0 Å². The minimum absolute atomic E-state index is 0.0212. The molecular formula is C25H29F5N4O. The molecule has 0 unspecified atom stereocenters. The molecule has 3 atom stereocenters. The van der Waals surface area contributed by atoms with Crippen LogP contribution in [-0.4, -0.2) is 59.7 Å². The highest BCUT2D eigenvalue weighted by atomic mass is 19.4. The quantitative estimate of drug-likeness (QED) is 0.573. The van der Waals surface area contributed by atoms with Gasteiger partial charge in [-0.05, 0) is 55.4 Å². The number of anilines is 1. The Kier molecular flexibility index (Phi) is 6.46. The highest BCUT2D eigenvalue weighted by Gasteiger charge is 2.45. The zero-order valence-corrected chi connectivity index (χ0v) is 19.5. The van der Waals surface area contributed by atoms with E-state index in [9.17, 15) is 17.6 Å². The number of aromatic nitrogens is 2. The first-order valence-electron chi connectivity index (χ1n) is 12.1. The van der Waals surface area contributed by atoms with Crippen LogP contribution in [0.1, 0.15) is 36.8 Å². The Hall–Kier alpha value is -2.33. The second-order valence-corrected chi connectivity index (χ2v) is 10.2. The lowest BCUT2D eigenvalue weighted by Gasteiger charge is -2.33. The number of rotatable bonds is 5. The molecular weight excluding hydrogens is 467 g/mol. The SMILES string of the molecule is Cc1ccc(F)cc1-c1cc(C(F)(F)F)c(N[C@@H]2C[C@@H]3CN(CC4(F)CCOCC4)C[C@@H]3C2)nn1. The fraction of sp³-hybridized carbons (Fsp3) is 0.600. The van der Waals surface area contributed by atoms with Crippen LogP contribution in [0.3, 0.4) is 0 Å². The summed E-state index contributed by atoms with van der Waals surface area (Å²) < 4.78 is 75.7. The normalized spacial score (nSPS) is 26.6. The van der Waals surface area contributed by atoms with Crippen molar-refractivity contribution in [3.05, 3.63) is 41.2 Å². The molecule has 0 radical (unpaired) electrons. The molecule has 190 valence electrons. The predicted molar refractivity (Wildman–Crippen MR) is 121 cm³/mol.